The molecule has 1 aromatic heterocycles. The van der Waals surface area contributed by atoms with Crippen molar-refractivity contribution in [3.63, 3.8) is 0 Å². The fraction of sp³-hybridized carbons (Fsp3) is 0.471. The number of likely N-dealkylation sites (tertiary alicyclic amines) is 1. The number of sulfone groups is 1. The molecule has 1 atom stereocenters. The highest BCUT2D eigenvalue weighted by Crippen LogP contribution is 2.40. The first-order chi connectivity index (χ1) is 13.9. The molecule has 2 heterocycles. The fourth-order valence-electron chi connectivity index (χ4n) is 3.28. The summed E-state index contributed by atoms with van der Waals surface area (Å²) in [5.74, 6) is -0.918. The second kappa shape index (κ2) is 8.10. The van der Waals surface area contributed by atoms with Crippen LogP contribution in [0.2, 0.25) is 0 Å². The van der Waals surface area contributed by atoms with Gasteiger partial charge in [-0.2, -0.15) is 13.2 Å². The third-order valence-corrected chi connectivity index (χ3v) is 7.98. The van der Waals surface area contributed by atoms with Gasteiger partial charge in [-0.3, -0.25) is 5.32 Å². The molecule has 0 saturated carbocycles. The monoisotopic (exact) mass is 466 g/mol. The zero-order chi connectivity index (χ0) is 22.2. The van der Waals surface area contributed by atoms with Crippen LogP contribution < -0.4 is 5.32 Å². The Morgan fingerprint density at radius 2 is 1.77 bits per heavy atom. The molecule has 1 aliphatic rings. The van der Waals surface area contributed by atoms with Crippen LogP contribution in [-0.4, -0.2) is 47.0 Å². The topological polar surface area (TPSA) is 92.3 Å². The van der Waals surface area contributed by atoms with Gasteiger partial charge in [0, 0.05) is 30.5 Å². The van der Waals surface area contributed by atoms with Crippen molar-refractivity contribution in [1.82, 2.24) is 14.5 Å². The molecule has 0 radical (unpaired) electrons. The van der Waals surface area contributed by atoms with E-state index in [9.17, 15) is 26.4 Å². The van der Waals surface area contributed by atoms with Crippen LogP contribution in [0.4, 0.5) is 27.4 Å². The first-order valence-electron chi connectivity index (χ1n) is 8.87. The summed E-state index contributed by atoms with van der Waals surface area (Å²) in [6.45, 7) is 1.18. The van der Waals surface area contributed by atoms with Crippen LogP contribution in [0.3, 0.4) is 0 Å². The van der Waals surface area contributed by atoms with E-state index in [1.807, 2.05) is 0 Å². The third-order valence-electron chi connectivity index (χ3n) is 5.12. The number of hydrogen-bond donors (Lipinski definition) is 1. The number of nitrogens with zero attached hydrogens (tertiary/aromatic N) is 3. The smallest absolute Gasteiger partial charge is 0.324 e. The molecule has 164 valence electrons. The van der Waals surface area contributed by atoms with E-state index in [2.05, 4.69) is 14.9 Å². The highest BCUT2D eigenvalue weighted by atomic mass is 32.2. The van der Waals surface area contributed by atoms with Gasteiger partial charge in [0.05, 0.1) is 16.7 Å². The van der Waals surface area contributed by atoms with E-state index in [0.29, 0.717) is 17.1 Å². The van der Waals surface area contributed by atoms with Crippen molar-refractivity contribution in [1.29, 1.82) is 0 Å². The number of halogens is 4. The van der Waals surface area contributed by atoms with Gasteiger partial charge in [0.1, 0.15) is 5.00 Å². The quantitative estimate of drug-likeness (QED) is 0.689. The molecule has 1 fully saturated rings. The van der Waals surface area contributed by atoms with Crippen molar-refractivity contribution >= 4 is 32.4 Å². The molecule has 2 amide bonds. The Kier molecular flexibility index (Phi) is 6.05. The Morgan fingerprint density at radius 3 is 2.27 bits per heavy atom. The van der Waals surface area contributed by atoms with Gasteiger partial charge in [0.15, 0.2) is 0 Å². The van der Waals surface area contributed by atoms with Crippen molar-refractivity contribution in [2.24, 2.45) is 5.92 Å². The summed E-state index contributed by atoms with van der Waals surface area (Å²) in [5.41, 5.74) is -1.02. The summed E-state index contributed by atoms with van der Waals surface area (Å²) in [6, 6.07) is 2.34. The van der Waals surface area contributed by atoms with E-state index >= 15 is 4.39 Å². The SMILES string of the molecule is CC(F)(C1CCN(C(=O)Nc2cnns2)CC1)S(=O)(=O)c1ccc(C(F)(F)F)cc1. The number of nitrogens with one attached hydrogen (secondary N) is 1. The van der Waals surface area contributed by atoms with Gasteiger partial charge in [0.2, 0.25) is 14.8 Å². The minimum absolute atomic E-state index is 0.0845. The molecule has 7 nitrogen and oxygen atoms in total. The van der Waals surface area contributed by atoms with Crippen molar-refractivity contribution in [3.05, 3.63) is 36.0 Å². The van der Waals surface area contributed by atoms with E-state index in [-0.39, 0.29) is 25.9 Å². The fourth-order valence-corrected chi connectivity index (χ4v) is 5.32. The summed E-state index contributed by atoms with van der Waals surface area (Å²) in [6.07, 6.45) is -3.07. The number of carbonyl (C=O) groups is 1. The maximum Gasteiger partial charge on any atom is 0.416 e. The van der Waals surface area contributed by atoms with Gasteiger partial charge in [0.25, 0.3) is 0 Å². The van der Waals surface area contributed by atoms with E-state index in [0.717, 1.165) is 30.6 Å². The average molecular weight is 466 g/mol. The van der Waals surface area contributed by atoms with Gasteiger partial charge in [-0.25, -0.2) is 17.6 Å². The molecule has 1 unspecified atom stereocenters. The maximum absolute atomic E-state index is 15.5. The van der Waals surface area contributed by atoms with E-state index in [1.165, 1.54) is 11.1 Å². The summed E-state index contributed by atoms with van der Waals surface area (Å²) in [7, 11) is -4.55. The van der Waals surface area contributed by atoms with Crippen LogP contribution in [0, 0.1) is 5.92 Å². The Labute approximate surface area is 174 Å². The highest BCUT2D eigenvalue weighted by Gasteiger charge is 2.48. The van der Waals surface area contributed by atoms with Crippen LogP contribution in [0.1, 0.15) is 25.3 Å². The number of hydrogen-bond acceptors (Lipinski definition) is 6. The van der Waals surface area contributed by atoms with Crippen LogP contribution in [0.25, 0.3) is 0 Å². The lowest BCUT2D eigenvalue weighted by molar-refractivity contribution is -0.137. The van der Waals surface area contributed by atoms with E-state index in [4.69, 9.17) is 0 Å². The van der Waals surface area contributed by atoms with E-state index < -0.39 is 43.4 Å². The first-order valence-corrected chi connectivity index (χ1v) is 11.1. The van der Waals surface area contributed by atoms with Gasteiger partial charge < -0.3 is 4.90 Å². The zero-order valence-corrected chi connectivity index (χ0v) is 17.3. The number of aromatic nitrogens is 2. The number of benzene rings is 1. The van der Waals surface area contributed by atoms with Gasteiger partial charge in [-0.1, -0.05) is 4.49 Å². The standard InChI is InChI=1S/C17H18F4N4O3S2/c1-16(18,30(27,28)13-4-2-12(3-5-13)17(19,20)21)11-6-8-25(9-7-11)15(26)23-14-10-22-24-29-14/h2-5,10-11H,6-9H2,1H3,(H,23,26). The number of urea groups is 1. The normalized spacial score (nSPS) is 18.1. The summed E-state index contributed by atoms with van der Waals surface area (Å²) in [5, 5.41) is 3.94. The summed E-state index contributed by atoms with van der Waals surface area (Å²) >= 11 is 0.994. The number of piperidine rings is 1. The Morgan fingerprint density at radius 1 is 1.17 bits per heavy atom. The predicted molar refractivity (Wildman–Crippen MR) is 101 cm³/mol. The molecule has 1 aliphatic heterocycles. The summed E-state index contributed by atoms with van der Waals surface area (Å²) in [4.78, 5) is 13.1. The number of rotatable bonds is 4. The predicted octanol–water partition coefficient (Wildman–Crippen LogP) is 3.96. The molecule has 1 saturated heterocycles. The van der Waals surface area contributed by atoms with Crippen LogP contribution in [-0.2, 0) is 16.0 Å². The van der Waals surface area contributed by atoms with Gasteiger partial charge >= 0.3 is 12.2 Å². The lowest BCUT2D eigenvalue weighted by Gasteiger charge is -2.37. The van der Waals surface area contributed by atoms with Crippen molar-refractivity contribution < 1.29 is 30.8 Å². The Hall–Kier alpha value is -2.28. The molecule has 13 heteroatoms. The molecule has 1 N–H and O–H groups in total. The minimum atomic E-state index is -4.62. The lowest BCUT2D eigenvalue weighted by Crippen LogP contribution is -2.47. The Bertz CT molecular complexity index is 985. The molecule has 0 spiro atoms. The second-order valence-electron chi connectivity index (χ2n) is 6.98. The van der Waals surface area contributed by atoms with Crippen molar-refractivity contribution in [2.45, 2.75) is 35.8 Å². The highest BCUT2D eigenvalue weighted by molar-refractivity contribution is 7.92. The van der Waals surface area contributed by atoms with Gasteiger partial charge in [-0.15, -0.1) is 5.10 Å². The molecule has 0 aliphatic carbocycles. The number of alkyl halides is 4. The largest absolute Gasteiger partial charge is 0.416 e. The molecular formula is C17H18F4N4O3S2. The molecule has 1 aromatic carbocycles. The van der Waals surface area contributed by atoms with Gasteiger partial charge in [-0.05, 0) is 44.0 Å². The molecule has 0 bridgehead atoms. The van der Waals surface area contributed by atoms with Crippen LogP contribution >= 0.6 is 11.5 Å². The maximum atomic E-state index is 15.5. The van der Waals surface area contributed by atoms with E-state index in [1.54, 1.807) is 0 Å². The molecule has 30 heavy (non-hydrogen) atoms. The molecule has 3 rings (SSSR count). The molecule has 2 aromatic rings. The minimum Gasteiger partial charge on any atom is -0.324 e. The Balaban J connectivity index is 1.68. The van der Waals surface area contributed by atoms with Crippen LogP contribution in [0.5, 0.6) is 0 Å². The average Bonchev–Trinajstić information content (AvgIpc) is 3.20. The van der Waals surface area contributed by atoms with Crippen molar-refractivity contribution in [3.8, 4) is 0 Å². The zero-order valence-electron chi connectivity index (χ0n) is 15.7. The lowest BCUT2D eigenvalue weighted by atomic mass is 9.92. The number of carbonyl (C=O) groups excluding carboxylic acids is 1. The first kappa shape index (κ1) is 22.4. The van der Waals surface area contributed by atoms with Crippen molar-refractivity contribution in [2.75, 3.05) is 18.4 Å². The third kappa shape index (κ3) is 4.41. The number of anilines is 1. The molecular weight excluding hydrogens is 448 g/mol. The number of amides is 2. The summed E-state index contributed by atoms with van der Waals surface area (Å²) < 4.78 is 82.7. The van der Waals surface area contributed by atoms with Crippen LogP contribution in [0.15, 0.2) is 35.4 Å². The second-order valence-corrected chi connectivity index (χ2v) is 10.0.